The summed E-state index contributed by atoms with van der Waals surface area (Å²) in [4.78, 5) is 10.8. The van der Waals surface area contributed by atoms with Crippen LogP contribution in [0, 0.1) is 0 Å². The topological polar surface area (TPSA) is 67.2 Å². The van der Waals surface area contributed by atoms with Crippen molar-refractivity contribution in [3.63, 3.8) is 0 Å². The standard InChI is InChI=1S/C10H15N3O2S/c1-6(2)13-4-7(3-11-13)9-12-8(5-16-9)10(14)15/h3-4,6,8-9,12H,5H2,1-2H3,(H,14,15). The maximum Gasteiger partial charge on any atom is 0.321 e. The molecule has 1 aliphatic heterocycles. The van der Waals surface area contributed by atoms with Crippen LogP contribution in [0.5, 0.6) is 0 Å². The van der Waals surface area contributed by atoms with Gasteiger partial charge in [-0.1, -0.05) is 0 Å². The summed E-state index contributed by atoms with van der Waals surface area (Å²) in [6, 6.07) is -0.118. The third-order valence-electron chi connectivity index (χ3n) is 2.53. The smallest absolute Gasteiger partial charge is 0.321 e. The van der Waals surface area contributed by atoms with E-state index in [0.29, 0.717) is 11.8 Å². The van der Waals surface area contributed by atoms with Gasteiger partial charge in [-0.2, -0.15) is 5.10 Å². The fourth-order valence-electron chi connectivity index (χ4n) is 1.58. The summed E-state index contributed by atoms with van der Waals surface area (Å²) < 4.78 is 1.88. The van der Waals surface area contributed by atoms with Gasteiger partial charge in [-0.3, -0.25) is 14.8 Å². The summed E-state index contributed by atoms with van der Waals surface area (Å²) in [6.45, 7) is 4.12. The summed E-state index contributed by atoms with van der Waals surface area (Å²) in [5.74, 6) is -0.182. The van der Waals surface area contributed by atoms with E-state index in [-0.39, 0.29) is 5.37 Å². The van der Waals surface area contributed by atoms with Crippen molar-refractivity contribution in [2.45, 2.75) is 31.3 Å². The predicted molar refractivity (Wildman–Crippen MR) is 62.4 cm³/mol. The van der Waals surface area contributed by atoms with Gasteiger partial charge in [0.1, 0.15) is 6.04 Å². The van der Waals surface area contributed by atoms with Gasteiger partial charge in [0.05, 0.1) is 11.6 Å². The van der Waals surface area contributed by atoms with Crippen LogP contribution < -0.4 is 5.32 Å². The lowest BCUT2D eigenvalue weighted by Crippen LogP contribution is -2.33. The quantitative estimate of drug-likeness (QED) is 0.833. The molecule has 0 amide bonds. The Labute approximate surface area is 98.2 Å². The van der Waals surface area contributed by atoms with Crippen LogP contribution in [-0.4, -0.2) is 32.7 Å². The van der Waals surface area contributed by atoms with Crippen LogP contribution in [0.3, 0.4) is 0 Å². The number of thioether (sulfide) groups is 1. The molecular formula is C10H15N3O2S. The Bertz CT molecular complexity index is 391. The lowest BCUT2D eigenvalue weighted by molar-refractivity contribution is -0.138. The lowest BCUT2D eigenvalue weighted by atomic mass is 10.3. The number of carbonyl (C=O) groups is 1. The Kier molecular flexibility index (Phi) is 3.20. The van der Waals surface area contributed by atoms with E-state index in [1.54, 1.807) is 18.0 Å². The number of hydrogen-bond donors (Lipinski definition) is 2. The zero-order chi connectivity index (χ0) is 11.7. The zero-order valence-corrected chi connectivity index (χ0v) is 10.1. The highest BCUT2D eigenvalue weighted by atomic mass is 32.2. The van der Waals surface area contributed by atoms with Crippen LogP contribution in [0.25, 0.3) is 0 Å². The van der Waals surface area contributed by atoms with E-state index in [4.69, 9.17) is 5.11 Å². The Hall–Kier alpha value is -1.01. The largest absolute Gasteiger partial charge is 0.480 e. The van der Waals surface area contributed by atoms with Crippen molar-refractivity contribution in [2.24, 2.45) is 0 Å². The minimum Gasteiger partial charge on any atom is -0.480 e. The maximum atomic E-state index is 10.8. The second-order valence-corrected chi connectivity index (χ2v) is 5.26. The third kappa shape index (κ3) is 2.22. The number of aromatic nitrogens is 2. The molecule has 0 spiro atoms. The monoisotopic (exact) mass is 241 g/mol. The Balaban J connectivity index is 2.06. The van der Waals surface area contributed by atoms with E-state index < -0.39 is 12.0 Å². The molecule has 2 heterocycles. The molecule has 0 aliphatic carbocycles. The number of carboxylic acids is 1. The molecule has 2 N–H and O–H groups in total. The fourth-order valence-corrected chi connectivity index (χ4v) is 2.78. The molecule has 1 aliphatic rings. The summed E-state index contributed by atoms with van der Waals surface area (Å²) in [6.07, 6.45) is 3.77. The first-order valence-electron chi connectivity index (χ1n) is 5.22. The number of rotatable bonds is 3. The average Bonchev–Trinajstić information content (AvgIpc) is 2.86. The summed E-state index contributed by atoms with van der Waals surface area (Å²) in [5.41, 5.74) is 1.04. The second-order valence-electron chi connectivity index (χ2n) is 4.12. The summed E-state index contributed by atoms with van der Waals surface area (Å²) in [7, 11) is 0. The molecule has 88 valence electrons. The van der Waals surface area contributed by atoms with E-state index >= 15 is 0 Å². The maximum absolute atomic E-state index is 10.8. The van der Waals surface area contributed by atoms with Gasteiger partial charge in [-0.05, 0) is 13.8 Å². The van der Waals surface area contributed by atoms with Crippen molar-refractivity contribution >= 4 is 17.7 Å². The van der Waals surface area contributed by atoms with E-state index in [1.807, 2.05) is 10.9 Å². The molecule has 1 fully saturated rings. The first-order chi connectivity index (χ1) is 7.58. The number of nitrogens with zero attached hydrogens (tertiary/aromatic N) is 2. The Morgan fingerprint density at radius 1 is 1.75 bits per heavy atom. The van der Waals surface area contributed by atoms with E-state index in [9.17, 15) is 4.79 Å². The van der Waals surface area contributed by atoms with Crippen molar-refractivity contribution in [1.82, 2.24) is 15.1 Å². The normalized spacial score (nSPS) is 25.2. The minimum absolute atomic E-state index is 0.0496. The molecule has 0 radical (unpaired) electrons. The molecule has 1 aromatic heterocycles. The van der Waals surface area contributed by atoms with E-state index in [1.165, 1.54) is 0 Å². The highest BCUT2D eigenvalue weighted by molar-refractivity contribution is 7.99. The Morgan fingerprint density at radius 2 is 2.50 bits per heavy atom. The van der Waals surface area contributed by atoms with E-state index in [2.05, 4.69) is 24.3 Å². The number of nitrogens with one attached hydrogen (secondary N) is 1. The van der Waals surface area contributed by atoms with Crippen LogP contribution in [0.1, 0.15) is 30.8 Å². The molecule has 1 aromatic rings. The van der Waals surface area contributed by atoms with Gasteiger partial charge < -0.3 is 5.11 Å². The van der Waals surface area contributed by atoms with Crippen LogP contribution in [-0.2, 0) is 4.79 Å². The average molecular weight is 241 g/mol. The van der Waals surface area contributed by atoms with Gasteiger partial charge in [0.25, 0.3) is 0 Å². The first-order valence-corrected chi connectivity index (χ1v) is 6.27. The van der Waals surface area contributed by atoms with Gasteiger partial charge in [-0.15, -0.1) is 11.8 Å². The van der Waals surface area contributed by atoms with Gasteiger partial charge >= 0.3 is 5.97 Å². The van der Waals surface area contributed by atoms with Crippen LogP contribution in [0.15, 0.2) is 12.4 Å². The van der Waals surface area contributed by atoms with Crippen LogP contribution >= 0.6 is 11.8 Å². The first kappa shape index (κ1) is 11.5. The fraction of sp³-hybridized carbons (Fsp3) is 0.600. The number of hydrogen-bond acceptors (Lipinski definition) is 4. The van der Waals surface area contributed by atoms with Crippen molar-refractivity contribution in [3.05, 3.63) is 18.0 Å². The molecular weight excluding hydrogens is 226 g/mol. The molecule has 0 saturated carbocycles. The van der Waals surface area contributed by atoms with Crippen LogP contribution in [0.2, 0.25) is 0 Å². The van der Waals surface area contributed by atoms with Crippen molar-refractivity contribution in [2.75, 3.05) is 5.75 Å². The SMILES string of the molecule is CC(C)n1cc(C2NC(C(=O)O)CS2)cn1. The number of aliphatic carboxylic acids is 1. The lowest BCUT2D eigenvalue weighted by Gasteiger charge is -2.08. The third-order valence-corrected chi connectivity index (χ3v) is 3.80. The Morgan fingerprint density at radius 3 is 3.00 bits per heavy atom. The van der Waals surface area contributed by atoms with Crippen molar-refractivity contribution in [3.8, 4) is 0 Å². The van der Waals surface area contributed by atoms with Gasteiger partial charge in [0.15, 0.2) is 0 Å². The molecule has 2 unspecified atom stereocenters. The van der Waals surface area contributed by atoms with Crippen molar-refractivity contribution < 1.29 is 9.90 Å². The number of carboxylic acid groups (broad SMARTS) is 1. The minimum atomic E-state index is -0.786. The van der Waals surface area contributed by atoms with Crippen molar-refractivity contribution in [1.29, 1.82) is 0 Å². The van der Waals surface area contributed by atoms with Gasteiger partial charge in [0, 0.05) is 23.6 Å². The molecule has 0 bridgehead atoms. The molecule has 5 nitrogen and oxygen atoms in total. The van der Waals surface area contributed by atoms with Crippen LogP contribution in [0.4, 0.5) is 0 Å². The highest BCUT2D eigenvalue weighted by Crippen LogP contribution is 2.32. The molecule has 1 saturated heterocycles. The molecule has 2 atom stereocenters. The zero-order valence-electron chi connectivity index (χ0n) is 9.25. The van der Waals surface area contributed by atoms with Gasteiger partial charge in [-0.25, -0.2) is 0 Å². The molecule has 6 heteroatoms. The second kappa shape index (κ2) is 4.47. The summed E-state index contributed by atoms with van der Waals surface area (Å²) in [5, 5.41) is 16.2. The van der Waals surface area contributed by atoms with E-state index in [0.717, 1.165) is 5.56 Å². The molecule has 2 rings (SSSR count). The van der Waals surface area contributed by atoms with Gasteiger partial charge in [0.2, 0.25) is 0 Å². The predicted octanol–water partition coefficient (Wildman–Crippen LogP) is 1.25. The molecule has 16 heavy (non-hydrogen) atoms. The highest BCUT2D eigenvalue weighted by Gasteiger charge is 2.30. The summed E-state index contributed by atoms with van der Waals surface area (Å²) >= 11 is 1.61. The molecule has 0 aromatic carbocycles.